The van der Waals surface area contributed by atoms with Crippen LogP contribution in [0.1, 0.15) is 26.7 Å². The lowest BCUT2D eigenvalue weighted by molar-refractivity contribution is 0.121. The van der Waals surface area contributed by atoms with Crippen LogP contribution < -0.4 is 15.2 Å². The van der Waals surface area contributed by atoms with E-state index in [-0.39, 0.29) is 11.9 Å². The van der Waals surface area contributed by atoms with E-state index < -0.39 is 22.4 Å². The number of likely N-dealkylation sites (tertiary alicyclic amines) is 1. The number of nitrogens with one attached hydrogen (secondary N) is 3. The number of amides is 1. The number of hydrogen-bond acceptors (Lipinski definition) is 6. The van der Waals surface area contributed by atoms with Gasteiger partial charge in [-0.2, -0.15) is 13.1 Å². The Kier molecular flexibility index (Phi) is 6.37. The molecule has 1 aliphatic rings. The number of carbonyl (C=O) groups is 1. The molecule has 0 aromatic rings. The molecule has 21 heavy (non-hydrogen) atoms. The summed E-state index contributed by atoms with van der Waals surface area (Å²) in [5, 5.41) is 7.22. The summed E-state index contributed by atoms with van der Waals surface area (Å²) in [6.07, 6.45) is -0.206. The van der Waals surface area contributed by atoms with E-state index in [9.17, 15) is 13.2 Å². The Morgan fingerprint density at radius 1 is 1.43 bits per heavy atom. The Labute approximate surface area is 124 Å². The maximum atomic E-state index is 11.8. The monoisotopic (exact) mass is 321 g/mol. The number of nitrogens with two attached hydrogens (primary N) is 1. The fraction of sp³-hybridized carbons (Fsp3) is 0.818. The van der Waals surface area contributed by atoms with Crippen molar-refractivity contribution < 1.29 is 17.9 Å². The highest BCUT2D eigenvalue weighted by Gasteiger charge is 2.25. The van der Waals surface area contributed by atoms with Gasteiger partial charge in [0.2, 0.25) is 0 Å². The Hall–Kier alpha value is -1.39. The summed E-state index contributed by atoms with van der Waals surface area (Å²) in [5.74, 6) is 0.0899. The minimum Gasteiger partial charge on any atom is -0.446 e. The minimum atomic E-state index is -3.93. The van der Waals surface area contributed by atoms with Gasteiger partial charge in [-0.25, -0.2) is 9.52 Å². The van der Waals surface area contributed by atoms with Crippen LogP contribution in [0.4, 0.5) is 4.79 Å². The van der Waals surface area contributed by atoms with Gasteiger partial charge in [-0.1, -0.05) is 0 Å². The van der Waals surface area contributed by atoms with E-state index in [1.807, 2.05) is 9.62 Å². The van der Waals surface area contributed by atoms with Crippen molar-refractivity contribution in [1.29, 1.82) is 5.41 Å². The van der Waals surface area contributed by atoms with Crippen LogP contribution in [0.15, 0.2) is 0 Å². The number of carbonyl (C=O) groups excluding carboxylic acids is 1. The first-order valence-corrected chi connectivity index (χ1v) is 8.22. The normalized spacial score (nSPS) is 17.7. The molecule has 1 amide bonds. The molecule has 1 saturated heterocycles. The number of amidine groups is 1. The van der Waals surface area contributed by atoms with Crippen molar-refractivity contribution in [2.24, 2.45) is 5.73 Å². The second-order valence-electron chi connectivity index (χ2n) is 5.25. The zero-order valence-electron chi connectivity index (χ0n) is 12.3. The third-order valence-electron chi connectivity index (χ3n) is 2.86. The molecule has 0 aliphatic carbocycles. The molecule has 0 radical (unpaired) electrons. The molecule has 0 unspecified atom stereocenters. The van der Waals surface area contributed by atoms with Crippen LogP contribution in [-0.2, 0) is 14.9 Å². The van der Waals surface area contributed by atoms with Gasteiger partial charge in [0.25, 0.3) is 0 Å². The van der Waals surface area contributed by atoms with Crippen LogP contribution >= 0.6 is 0 Å². The number of nitrogens with zero attached hydrogens (tertiary/aromatic N) is 1. The molecule has 1 heterocycles. The summed E-state index contributed by atoms with van der Waals surface area (Å²) in [4.78, 5) is 13.3. The van der Waals surface area contributed by atoms with Crippen LogP contribution in [0.25, 0.3) is 0 Å². The van der Waals surface area contributed by atoms with Crippen molar-refractivity contribution in [3.05, 3.63) is 0 Å². The van der Waals surface area contributed by atoms with Gasteiger partial charge in [0.05, 0.1) is 12.6 Å². The SMILES string of the molecule is CC(C)OC(=O)NS(=O)(=O)NC1CCN(CC(=N)N)CC1. The highest BCUT2D eigenvalue weighted by Crippen LogP contribution is 2.10. The number of ether oxygens (including phenoxy) is 1. The van der Waals surface area contributed by atoms with Crippen molar-refractivity contribution in [1.82, 2.24) is 14.3 Å². The Morgan fingerprint density at radius 2 is 2.00 bits per heavy atom. The zero-order chi connectivity index (χ0) is 16.0. The Morgan fingerprint density at radius 3 is 2.48 bits per heavy atom. The molecular formula is C11H23N5O4S. The molecule has 122 valence electrons. The standard InChI is InChI=1S/C11H23N5O4S/c1-8(2)20-11(17)15-21(18,19)14-9-3-5-16(6-4-9)7-10(12)13/h8-9,14H,3-7H2,1-2H3,(H3,12,13)(H,15,17). The average Bonchev–Trinajstić information content (AvgIpc) is 2.28. The Bertz CT molecular complexity index is 471. The third-order valence-corrected chi connectivity index (χ3v) is 3.94. The molecule has 9 nitrogen and oxygen atoms in total. The first kappa shape index (κ1) is 17.7. The highest BCUT2D eigenvalue weighted by atomic mass is 32.2. The van der Waals surface area contributed by atoms with Crippen LogP contribution in [-0.4, -0.2) is 57.0 Å². The molecule has 0 aromatic heterocycles. The van der Waals surface area contributed by atoms with Gasteiger partial charge in [0.15, 0.2) is 0 Å². The van der Waals surface area contributed by atoms with Gasteiger partial charge >= 0.3 is 16.3 Å². The van der Waals surface area contributed by atoms with E-state index in [2.05, 4.69) is 4.72 Å². The topological polar surface area (TPSA) is 138 Å². The van der Waals surface area contributed by atoms with Crippen molar-refractivity contribution >= 4 is 22.1 Å². The van der Waals surface area contributed by atoms with Gasteiger partial charge in [0, 0.05) is 19.1 Å². The summed E-state index contributed by atoms with van der Waals surface area (Å²) < 4.78 is 32.5. The summed E-state index contributed by atoms with van der Waals surface area (Å²) >= 11 is 0. The first-order valence-electron chi connectivity index (χ1n) is 6.74. The molecule has 0 spiro atoms. The van der Waals surface area contributed by atoms with Crippen LogP contribution in [0, 0.1) is 5.41 Å². The molecule has 10 heteroatoms. The smallest absolute Gasteiger partial charge is 0.422 e. The zero-order valence-corrected chi connectivity index (χ0v) is 13.1. The van der Waals surface area contributed by atoms with E-state index in [4.69, 9.17) is 15.9 Å². The van der Waals surface area contributed by atoms with E-state index in [1.54, 1.807) is 13.8 Å². The molecule has 0 atom stereocenters. The quantitative estimate of drug-likeness (QED) is 0.379. The largest absolute Gasteiger partial charge is 0.446 e. The summed E-state index contributed by atoms with van der Waals surface area (Å²) in [6.45, 7) is 4.93. The number of rotatable bonds is 6. The van der Waals surface area contributed by atoms with Crippen molar-refractivity contribution in [2.75, 3.05) is 19.6 Å². The van der Waals surface area contributed by atoms with Crippen LogP contribution in [0.2, 0.25) is 0 Å². The highest BCUT2D eigenvalue weighted by molar-refractivity contribution is 7.88. The summed E-state index contributed by atoms with van der Waals surface area (Å²) in [7, 11) is -3.93. The summed E-state index contributed by atoms with van der Waals surface area (Å²) in [5.41, 5.74) is 5.32. The fourth-order valence-electron chi connectivity index (χ4n) is 2.05. The van der Waals surface area contributed by atoms with E-state index in [0.29, 0.717) is 32.5 Å². The van der Waals surface area contributed by atoms with Crippen molar-refractivity contribution in [3.8, 4) is 0 Å². The molecule has 1 fully saturated rings. The van der Waals surface area contributed by atoms with Gasteiger partial charge < -0.3 is 10.5 Å². The van der Waals surface area contributed by atoms with Gasteiger partial charge in [-0.15, -0.1) is 0 Å². The van der Waals surface area contributed by atoms with Crippen molar-refractivity contribution in [2.45, 2.75) is 38.8 Å². The molecule has 0 bridgehead atoms. The predicted octanol–water partition coefficient (Wildman–Crippen LogP) is -0.644. The molecule has 1 aliphatic heterocycles. The van der Waals surface area contributed by atoms with E-state index in [1.165, 1.54) is 0 Å². The number of piperidine rings is 1. The molecular weight excluding hydrogens is 298 g/mol. The molecule has 0 aromatic carbocycles. The summed E-state index contributed by atoms with van der Waals surface area (Å²) in [6, 6.07) is -0.252. The number of hydrogen-bond donors (Lipinski definition) is 4. The van der Waals surface area contributed by atoms with Gasteiger partial charge in [0.1, 0.15) is 5.84 Å². The maximum absolute atomic E-state index is 11.8. The average molecular weight is 321 g/mol. The van der Waals surface area contributed by atoms with Gasteiger partial charge in [-0.05, 0) is 26.7 Å². The molecule has 0 saturated carbocycles. The van der Waals surface area contributed by atoms with Crippen molar-refractivity contribution in [3.63, 3.8) is 0 Å². The minimum absolute atomic E-state index is 0.0899. The van der Waals surface area contributed by atoms with Crippen LogP contribution in [0.5, 0.6) is 0 Å². The Balaban J connectivity index is 2.40. The fourth-order valence-corrected chi connectivity index (χ4v) is 3.05. The third kappa shape index (κ3) is 7.25. The lowest BCUT2D eigenvalue weighted by Gasteiger charge is -2.31. The van der Waals surface area contributed by atoms with Gasteiger partial charge in [-0.3, -0.25) is 10.3 Å². The second kappa shape index (κ2) is 7.57. The van der Waals surface area contributed by atoms with E-state index >= 15 is 0 Å². The lowest BCUT2D eigenvalue weighted by Crippen LogP contribution is -2.50. The first-order chi connectivity index (χ1) is 9.68. The predicted molar refractivity (Wildman–Crippen MR) is 78.2 cm³/mol. The van der Waals surface area contributed by atoms with Crippen LogP contribution in [0.3, 0.4) is 0 Å². The molecule has 1 rings (SSSR count). The second-order valence-corrected chi connectivity index (χ2v) is 6.70. The lowest BCUT2D eigenvalue weighted by atomic mass is 10.1. The maximum Gasteiger partial charge on any atom is 0.422 e. The molecule has 5 N–H and O–H groups in total. The van der Waals surface area contributed by atoms with E-state index in [0.717, 1.165) is 0 Å².